The van der Waals surface area contributed by atoms with Gasteiger partial charge < -0.3 is 4.74 Å². The van der Waals surface area contributed by atoms with E-state index in [4.69, 9.17) is 0 Å². The van der Waals surface area contributed by atoms with Crippen LogP contribution in [0, 0.1) is 11.6 Å². The lowest BCUT2D eigenvalue weighted by atomic mass is 9.66. The van der Waals surface area contributed by atoms with E-state index in [0.717, 1.165) is 69.1 Å². The molecule has 3 rings (SSSR count). The Morgan fingerprint density at radius 2 is 1.65 bits per heavy atom. The number of ether oxygens (including phenoxy) is 1. The molecule has 1 saturated carbocycles. The highest BCUT2D eigenvalue weighted by Crippen LogP contribution is 2.44. The van der Waals surface area contributed by atoms with Crippen molar-refractivity contribution in [3.8, 4) is 16.9 Å². The highest BCUT2D eigenvalue weighted by molar-refractivity contribution is 5.65. The second kappa shape index (κ2) is 10.0. The van der Waals surface area contributed by atoms with Gasteiger partial charge in [0.1, 0.15) is 5.82 Å². The van der Waals surface area contributed by atoms with Crippen LogP contribution < -0.4 is 4.74 Å². The number of benzene rings is 2. The molecule has 0 atom stereocenters. The van der Waals surface area contributed by atoms with Crippen molar-refractivity contribution >= 4 is 0 Å². The quantitative estimate of drug-likeness (QED) is 0.296. The van der Waals surface area contributed by atoms with Crippen LogP contribution in [-0.4, -0.2) is 12.8 Å². The van der Waals surface area contributed by atoms with E-state index in [2.05, 4.69) is 11.7 Å². The zero-order valence-corrected chi connectivity index (χ0v) is 17.8. The molecule has 1 aliphatic rings. The third-order valence-corrected chi connectivity index (χ3v) is 6.29. The summed E-state index contributed by atoms with van der Waals surface area (Å²) in [5.74, 6) is -1.90. The Hall–Kier alpha value is -2.11. The summed E-state index contributed by atoms with van der Waals surface area (Å²) in [6.07, 6.45) is 5.48. The highest BCUT2D eigenvalue weighted by Gasteiger charge is 2.34. The molecule has 1 aliphatic carbocycles. The van der Waals surface area contributed by atoms with Gasteiger partial charge in [0.05, 0.1) is 0 Å². The van der Waals surface area contributed by atoms with Gasteiger partial charge in [0.25, 0.3) is 0 Å². The SMILES string of the molecule is CCCCCC1(c2ccc(-c3ccc(OCC(F)(F)F)c(F)c3)c(F)c2)CCCCC1. The van der Waals surface area contributed by atoms with Crippen LogP contribution in [0.4, 0.5) is 22.0 Å². The topological polar surface area (TPSA) is 9.23 Å². The largest absolute Gasteiger partial charge is 0.481 e. The summed E-state index contributed by atoms with van der Waals surface area (Å²) in [4.78, 5) is 0. The van der Waals surface area contributed by atoms with Gasteiger partial charge in [0.15, 0.2) is 18.2 Å². The molecule has 1 nitrogen and oxygen atoms in total. The first-order chi connectivity index (χ1) is 14.7. The summed E-state index contributed by atoms with van der Waals surface area (Å²) in [5.41, 5.74) is 1.48. The van der Waals surface area contributed by atoms with Gasteiger partial charge >= 0.3 is 6.18 Å². The highest BCUT2D eigenvalue weighted by atomic mass is 19.4. The molecule has 6 heteroatoms. The van der Waals surface area contributed by atoms with E-state index < -0.39 is 30.2 Å². The van der Waals surface area contributed by atoms with Gasteiger partial charge in [-0.05, 0) is 54.0 Å². The molecule has 0 amide bonds. The van der Waals surface area contributed by atoms with Crippen LogP contribution in [0.15, 0.2) is 36.4 Å². The Morgan fingerprint density at radius 1 is 0.903 bits per heavy atom. The zero-order valence-electron chi connectivity index (χ0n) is 17.8. The van der Waals surface area contributed by atoms with Crippen molar-refractivity contribution in [2.75, 3.05) is 6.61 Å². The van der Waals surface area contributed by atoms with E-state index in [1.165, 1.54) is 12.5 Å². The monoisotopic (exact) mass is 440 g/mol. The Kier molecular flexibility index (Phi) is 7.60. The molecule has 0 heterocycles. The lowest BCUT2D eigenvalue weighted by Gasteiger charge is -2.38. The molecule has 0 spiro atoms. The Labute approximate surface area is 180 Å². The lowest BCUT2D eigenvalue weighted by molar-refractivity contribution is -0.153. The maximum atomic E-state index is 15.1. The lowest BCUT2D eigenvalue weighted by Crippen LogP contribution is -2.29. The fourth-order valence-electron chi connectivity index (χ4n) is 4.65. The zero-order chi connectivity index (χ0) is 22.5. The molecular weight excluding hydrogens is 411 g/mol. The van der Waals surface area contributed by atoms with E-state index >= 15 is 4.39 Å². The van der Waals surface area contributed by atoms with Gasteiger partial charge in [-0.25, -0.2) is 8.78 Å². The Bertz CT molecular complexity index is 869. The van der Waals surface area contributed by atoms with Gasteiger partial charge in [0, 0.05) is 5.56 Å². The van der Waals surface area contributed by atoms with Crippen molar-refractivity contribution in [2.45, 2.75) is 76.3 Å². The molecule has 0 aromatic heterocycles. The fourth-order valence-corrected chi connectivity index (χ4v) is 4.65. The van der Waals surface area contributed by atoms with Crippen LogP contribution in [0.2, 0.25) is 0 Å². The van der Waals surface area contributed by atoms with Crippen LogP contribution in [0.25, 0.3) is 11.1 Å². The third-order valence-electron chi connectivity index (χ3n) is 6.29. The maximum Gasteiger partial charge on any atom is 0.422 e. The van der Waals surface area contributed by atoms with Crippen LogP contribution in [0.1, 0.15) is 70.3 Å². The van der Waals surface area contributed by atoms with Crippen molar-refractivity contribution in [3.05, 3.63) is 53.6 Å². The van der Waals surface area contributed by atoms with Crippen molar-refractivity contribution in [1.29, 1.82) is 0 Å². The number of alkyl halides is 3. The number of hydrogen-bond acceptors (Lipinski definition) is 1. The van der Waals surface area contributed by atoms with Crippen LogP contribution >= 0.6 is 0 Å². The molecule has 2 aromatic carbocycles. The minimum Gasteiger partial charge on any atom is -0.481 e. The van der Waals surface area contributed by atoms with Crippen molar-refractivity contribution in [2.24, 2.45) is 0 Å². The maximum absolute atomic E-state index is 15.1. The molecule has 1 fully saturated rings. The standard InChI is InChI=1S/C25H29F5O/c1-2-3-5-12-24(13-6-4-7-14-24)19-9-10-20(21(26)16-19)18-8-11-23(22(27)15-18)31-17-25(28,29)30/h8-11,15-16H,2-7,12-14,17H2,1H3. The second-order valence-corrected chi connectivity index (χ2v) is 8.54. The predicted molar refractivity (Wildman–Crippen MR) is 112 cm³/mol. The first kappa shape index (κ1) is 23.6. The summed E-state index contributed by atoms with van der Waals surface area (Å²) in [6.45, 7) is 0.590. The molecule has 0 aliphatic heterocycles. The normalized spacial score (nSPS) is 16.3. The molecule has 0 N–H and O–H groups in total. The molecule has 2 aromatic rings. The second-order valence-electron chi connectivity index (χ2n) is 8.54. The third kappa shape index (κ3) is 5.98. The van der Waals surface area contributed by atoms with E-state index in [1.807, 2.05) is 6.07 Å². The minimum absolute atomic E-state index is 0.00661. The van der Waals surface area contributed by atoms with E-state index in [9.17, 15) is 17.6 Å². The molecule has 31 heavy (non-hydrogen) atoms. The van der Waals surface area contributed by atoms with Crippen molar-refractivity contribution in [3.63, 3.8) is 0 Å². The molecule has 0 bridgehead atoms. The van der Waals surface area contributed by atoms with Crippen LogP contribution in [0.3, 0.4) is 0 Å². The molecule has 0 radical (unpaired) electrons. The van der Waals surface area contributed by atoms with E-state index in [1.54, 1.807) is 12.1 Å². The smallest absolute Gasteiger partial charge is 0.422 e. The summed E-state index contributed by atoms with van der Waals surface area (Å²) >= 11 is 0. The van der Waals surface area contributed by atoms with Crippen molar-refractivity contribution in [1.82, 2.24) is 0 Å². The molecule has 0 unspecified atom stereocenters. The number of rotatable bonds is 8. The Balaban J connectivity index is 1.83. The molecule has 0 saturated heterocycles. The average molecular weight is 440 g/mol. The van der Waals surface area contributed by atoms with Crippen molar-refractivity contribution < 1.29 is 26.7 Å². The first-order valence-electron chi connectivity index (χ1n) is 11.0. The van der Waals surface area contributed by atoms with Gasteiger partial charge in [-0.2, -0.15) is 13.2 Å². The average Bonchev–Trinajstić information content (AvgIpc) is 2.73. The van der Waals surface area contributed by atoms with Gasteiger partial charge in [-0.1, -0.05) is 63.6 Å². The fraction of sp³-hybridized carbons (Fsp3) is 0.520. The summed E-state index contributed by atoms with van der Waals surface area (Å²) in [6, 6.07) is 8.66. The Morgan fingerprint density at radius 3 is 2.26 bits per heavy atom. The van der Waals surface area contributed by atoms with Gasteiger partial charge in [-0.3, -0.25) is 0 Å². The predicted octanol–water partition coefficient (Wildman–Crippen LogP) is 8.36. The van der Waals surface area contributed by atoms with E-state index in [-0.39, 0.29) is 16.5 Å². The number of hydrogen-bond donors (Lipinski definition) is 0. The van der Waals surface area contributed by atoms with Crippen LogP contribution in [0.5, 0.6) is 5.75 Å². The first-order valence-corrected chi connectivity index (χ1v) is 11.0. The molecule has 170 valence electrons. The molecular formula is C25H29F5O. The van der Waals surface area contributed by atoms with Gasteiger partial charge in [0.2, 0.25) is 0 Å². The minimum atomic E-state index is -4.56. The number of halogens is 5. The van der Waals surface area contributed by atoms with E-state index in [0.29, 0.717) is 0 Å². The summed E-state index contributed by atoms with van der Waals surface area (Å²) in [7, 11) is 0. The summed E-state index contributed by atoms with van der Waals surface area (Å²) < 4.78 is 70.7. The van der Waals surface area contributed by atoms with Gasteiger partial charge in [-0.15, -0.1) is 0 Å². The summed E-state index contributed by atoms with van der Waals surface area (Å²) in [5, 5.41) is 0. The number of unbranched alkanes of at least 4 members (excludes halogenated alkanes) is 2. The van der Waals surface area contributed by atoms with Crippen LogP contribution in [-0.2, 0) is 5.41 Å².